The summed E-state index contributed by atoms with van der Waals surface area (Å²) in [6.07, 6.45) is 4.68. The Morgan fingerprint density at radius 3 is 2.78 bits per heavy atom. The SMILES string of the molecule is CCC(C)(C)N(C)C1CCCc2cc(O)ccc21. The number of fused-ring (bicyclic) bond motifs is 1. The molecule has 2 heteroatoms. The highest BCUT2D eigenvalue weighted by atomic mass is 16.3. The number of phenolic OH excluding ortho intramolecular Hbond substituents is 1. The molecular formula is C16H25NO. The Balaban J connectivity index is 2.33. The summed E-state index contributed by atoms with van der Waals surface area (Å²) >= 11 is 0. The van der Waals surface area contributed by atoms with E-state index in [9.17, 15) is 5.11 Å². The first-order valence-electron chi connectivity index (χ1n) is 7.00. The van der Waals surface area contributed by atoms with E-state index in [1.54, 1.807) is 0 Å². The van der Waals surface area contributed by atoms with Gasteiger partial charge in [-0.25, -0.2) is 0 Å². The molecule has 0 saturated carbocycles. The average Bonchev–Trinajstić information content (AvgIpc) is 2.36. The zero-order chi connectivity index (χ0) is 13.3. The maximum atomic E-state index is 9.61. The number of hydrogen-bond donors (Lipinski definition) is 1. The molecule has 0 aliphatic heterocycles. The molecule has 1 unspecified atom stereocenters. The molecule has 0 bridgehead atoms. The van der Waals surface area contributed by atoms with Gasteiger partial charge in [-0.15, -0.1) is 0 Å². The lowest BCUT2D eigenvalue weighted by Crippen LogP contribution is -2.43. The van der Waals surface area contributed by atoms with Crippen LogP contribution in [0.25, 0.3) is 0 Å². The standard InChI is InChI=1S/C16H25NO/c1-5-16(2,3)17(4)15-8-6-7-12-11-13(18)9-10-14(12)15/h9-11,15,18H,5-8H2,1-4H3. The van der Waals surface area contributed by atoms with Crippen LogP contribution >= 0.6 is 0 Å². The third-order valence-electron chi connectivity index (χ3n) is 4.70. The average molecular weight is 247 g/mol. The molecule has 2 rings (SSSR count). The third-order valence-corrected chi connectivity index (χ3v) is 4.70. The van der Waals surface area contributed by atoms with E-state index in [1.165, 1.54) is 24.0 Å². The van der Waals surface area contributed by atoms with Gasteiger partial charge in [0, 0.05) is 11.6 Å². The molecule has 1 aliphatic rings. The fraction of sp³-hybridized carbons (Fsp3) is 0.625. The topological polar surface area (TPSA) is 23.5 Å². The molecule has 0 aromatic heterocycles. The van der Waals surface area contributed by atoms with Crippen LogP contribution in [0.5, 0.6) is 5.75 Å². The summed E-state index contributed by atoms with van der Waals surface area (Å²) in [5, 5.41) is 9.61. The number of aryl methyl sites for hydroxylation is 1. The van der Waals surface area contributed by atoms with Crippen molar-refractivity contribution in [2.24, 2.45) is 0 Å². The normalized spacial score (nSPS) is 19.9. The molecule has 1 aromatic carbocycles. The minimum absolute atomic E-state index is 0.219. The summed E-state index contributed by atoms with van der Waals surface area (Å²) < 4.78 is 0. The van der Waals surface area contributed by atoms with Crippen LogP contribution in [-0.4, -0.2) is 22.6 Å². The van der Waals surface area contributed by atoms with Crippen molar-refractivity contribution < 1.29 is 5.11 Å². The highest BCUT2D eigenvalue weighted by molar-refractivity contribution is 5.38. The summed E-state index contributed by atoms with van der Waals surface area (Å²) in [6.45, 7) is 6.86. The number of nitrogens with zero attached hydrogens (tertiary/aromatic N) is 1. The van der Waals surface area contributed by atoms with Gasteiger partial charge in [0.2, 0.25) is 0 Å². The predicted octanol–water partition coefficient (Wildman–Crippen LogP) is 3.89. The second kappa shape index (κ2) is 4.93. The Bertz CT molecular complexity index is 425. The van der Waals surface area contributed by atoms with Gasteiger partial charge in [0.05, 0.1) is 0 Å². The van der Waals surface area contributed by atoms with Crippen molar-refractivity contribution in [1.29, 1.82) is 0 Å². The fourth-order valence-electron chi connectivity index (χ4n) is 2.85. The summed E-state index contributed by atoms with van der Waals surface area (Å²) in [4.78, 5) is 2.50. The smallest absolute Gasteiger partial charge is 0.115 e. The zero-order valence-corrected chi connectivity index (χ0v) is 12.0. The Morgan fingerprint density at radius 2 is 2.11 bits per heavy atom. The molecule has 1 atom stereocenters. The van der Waals surface area contributed by atoms with Crippen LogP contribution in [0.4, 0.5) is 0 Å². The molecule has 0 amide bonds. The minimum Gasteiger partial charge on any atom is -0.508 e. The molecular weight excluding hydrogens is 222 g/mol. The molecule has 100 valence electrons. The molecule has 0 heterocycles. The molecule has 2 nitrogen and oxygen atoms in total. The van der Waals surface area contributed by atoms with Crippen LogP contribution in [0.2, 0.25) is 0 Å². The van der Waals surface area contributed by atoms with E-state index < -0.39 is 0 Å². The van der Waals surface area contributed by atoms with Gasteiger partial charge in [-0.1, -0.05) is 13.0 Å². The highest BCUT2D eigenvalue weighted by Crippen LogP contribution is 2.38. The van der Waals surface area contributed by atoms with Crippen molar-refractivity contribution in [2.45, 2.75) is 58.0 Å². The summed E-state index contributed by atoms with van der Waals surface area (Å²) in [5.74, 6) is 0.395. The Morgan fingerprint density at radius 1 is 1.39 bits per heavy atom. The van der Waals surface area contributed by atoms with Crippen molar-refractivity contribution in [2.75, 3.05) is 7.05 Å². The largest absolute Gasteiger partial charge is 0.508 e. The second-order valence-electron chi connectivity index (χ2n) is 6.07. The fourth-order valence-corrected chi connectivity index (χ4v) is 2.85. The lowest BCUT2D eigenvalue weighted by molar-refractivity contribution is 0.0865. The van der Waals surface area contributed by atoms with Crippen LogP contribution in [0, 0.1) is 0 Å². The molecule has 0 saturated heterocycles. The minimum atomic E-state index is 0.219. The number of aromatic hydroxyl groups is 1. The van der Waals surface area contributed by atoms with Gasteiger partial charge in [0.1, 0.15) is 5.75 Å². The van der Waals surface area contributed by atoms with E-state index >= 15 is 0 Å². The van der Waals surface area contributed by atoms with Gasteiger partial charge < -0.3 is 5.11 Å². The van der Waals surface area contributed by atoms with Gasteiger partial charge >= 0.3 is 0 Å². The molecule has 0 spiro atoms. The van der Waals surface area contributed by atoms with Gasteiger partial charge in [-0.2, -0.15) is 0 Å². The quantitative estimate of drug-likeness (QED) is 0.876. The van der Waals surface area contributed by atoms with Gasteiger partial charge in [-0.05, 0) is 69.8 Å². The Hall–Kier alpha value is -1.02. The van der Waals surface area contributed by atoms with Crippen LogP contribution in [0.3, 0.4) is 0 Å². The molecule has 0 fully saturated rings. The highest BCUT2D eigenvalue weighted by Gasteiger charge is 2.31. The number of rotatable bonds is 3. The monoisotopic (exact) mass is 247 g/mol. The van der Waals surface area contributed by atoms with E-state index in [-0.39, 0.29) is 5.54 Å². The van der Waals surface area contributed by atoms with Gasteiger partial charge in [-0.3, -0.25) is 4.90 Å². The van der Waals surface area contributed by atoms with Crippen LogP contribution in [0.15, 0.2) is 18.2 Å². The second-order valence-corrected chi connectivity index (χ2v) is 6.07. The van der Waals surface area contributed by atoms with E-state index in [0.29, 0.717) is 11.8 Å². The van der Waals surface area contributed by atoms with E-state index in [1.807, 2.05) is 12.1 Å². The lowest BCUT2D eigenvalue weighted by Gasteiger charge is -2.43. The first kappa shape index (κ1) is 13.4. The molecule has 18 heavy (non-hydrogen) atoms. The first-order valence-corrected chi connectivity index (χ1v) is 7.00. The van der Waals surface area contributed by atoms with Crippen molar-refractivity contribution in [1.82, 2.24) is 4.90 Å². The molecule has 1 aromatic rings. The summed E-state index contributed by atoms with van der Waals surface area (Å²) in [5.41, 5.74) is 2.95. The van der Waals surface area contributed by atoms with E-state index in [2.05, 4.69) is 38.8 Å². The number of hydrogen-bond acceptors (Lipinski definition) is 2. The van der Waals surface area contributed by atoms with Gasteiger partial charge in [0.25, 0.3) is 0 Å². The van der Waals surface area contributed by atoms with Gasteiger partial charge in [0.15, 0.2) is 0 Å². The maximum Gasteiger partial charge on any atom is 0.115 e. The predicted molar refractivity (Wildman–Crippen MR) is 75.9 cm³/mol. The van der Waals surface area contributed by atoms with Crippen LogP contribution in [0.1, 0.15) is 57.2 Å². The van der Waals surface area contributed by atoms with Crippen LogP contribution < -0.4 is 0 Å². The van der Waals surface area contributed by atoms with Crippen molar-refractivity contribution in [3.05, 3.63) is 29.3 Å². The number of benzene rings is 1. The van der Waals surface area contributed by atoms with Crippen molar-refractivity contribution in [3.8, 4) is 5.75 Å². The lowest BCUT2D eigenvalue weighted by atomic mass is 9.84. The number of phenols is 1. The first-order chi connectivity index (χ1) is 8.45. The molecule has 1 aliphatic carbocycles. The van der Waals surface area contributed by atoms with Crippen molar-refractivity contribution in [3.63, 3.8) is 0 Å². The van der Waals surface area contributed by atoms with Crippen LogP contribution in [-0.2, 0) is 6.42 Å². The summed E-state index contributed by atoms with van der Waals surface area (Å²) in [6, 6.07) is 6.36. The third kappa shape index (κ3) is 2.39. The van der Waals surface area contributed by atoms with Crippen molar-refractivity contribution >= 4 is 0 Å². The van der Waals surface area contributed by atoms with E-state index in [0.717, 1.165) is 12.8 Å². The molecule has 0 radical (unpaired) electrons. The Labute approximate surface area is 111 Å². The summed E-state index contributed by atoms with van der Waals surface area (Å²) in [7, 11) is 2.23. The molecule has 1 N–H and O–H groups in total. The maximum absolute atomic E-state index is 9.61. The Kier molecular flexibility index (Phi) is 3.67. The zero-order valence-electron chi connectivity index (χ0n) is 12.0. The van der Waals surface area contributed by atoms with E-state index in [4.69, 9.17) is 0 Å².